The van der Waals surface area contributed by atoms with Crippen molar-refractivity contribution in [1.29, 1.82) is 0 Å². The minimum Gasteiger partial charge on any atom is -0.120 e. The SMILES string of the molecule is CC.Cc1cc(C)c(-c2cc[n+](C)n2-c2cc3c(cc2C(C)C)C2(c4ccccc4-c4ccccc42)c2ccccc2-3)c(C)c1. The van der Waals surface area contributed by atoms with E-state index in [2.05, 4.69) is 160 Å². The molecular weight excluding hydrogens is 544 g/mol. The summed E-state index contributed by atoms with van der Waals surface area (Å²) in [6.45, 7) is 15.3. The van der Waals surface area contributed by atoms with Crippen molar-refractivity contribution < 1.29 is 4.68 Å². The van der Waals surface area contributed by atoms with E-state index < -0.39 is 0 Å². The molecule has 5 aromatic carbocycles. The van der Waals surface area contributed by atoms with Gasteiger partial charge >= 0.3 is 0 Å². The monoisotopic (exact) mass is 587 g/mol. The maximum atomic E-state index is 2.55. The highest BCUT2D eigenvalue weighted by molar-refractivity contribution is 5.95. The Morgan fingerprint density at radius 2 is 1.09 bits per heavy atom. The van der Waals surface area contributed by atoms with Crippen LogP contribution in [0, 0.1) is 20.8 Å². The number of aromatic nitrogens is 2. The van der Waals surface area contributed by atoms with E-state index in [-0.39, 0.29) is 5.41 Å². The van der Waals surface area contributed by atoms with Gasteiger partial charge in [0.25, 0.3) is 0 Å². The fraction of sp³-hybridized carbons (Fsp3) is 0.233. The Kier molecular flexibility index (Phi) is 6.93. The normalized spacial score (nSPS) is 13.3. The molecule has 0 saturated heterocycles. The Labute approximate surface area is 268 Å². The van der Waals surface area contributed by atoms with Crippen molar-refractivity contribution in [2.45, 2.75) is 59.8 Å². The molecule has 0 fully saturated rings. The highest BCUT2D eigenvalue weighted by Gasteiger charge is 2.52. The summed E-state index contributed by atoms with van der Waals surface area (Å²) in [4.78, 5) is 0. The van der Waals surface area contributed by atoms with E-state index in [4.69, 9.17) is 0 Å². The van der Waals surface area contributed by atoms with Crippen LogP contribution in [0.2, 0.25) is 0 Å². The molecule has 0 radical (unpaired) electrons. The molecule has 0 aliphatic heterocycles. The van der Waals surface area contributed by atoms with Crippen molar-refractivity contribution in [3.05, 3.63) is 154 Å². The molecule has 0 unspecified atom stereocenters. The predicted octanol–water partition coefficient (Wildman–Crippen LogP) is 10.4. The van der Waals surface area contributed by atoms with Gasteiger partial charge in [0.1, 0.15) is 11.4 Å². The average Bonchev–Trinajstić information content (AvgIpc) is 3.66. The first kappa shape index (κ1) is 29.0. The van der Waals surface area contributed by atoms with Crippen molar-refractivity contribution in [1.82, 2.24) is 4.68 Å². The lowest BCUT2D eigenvalue weighted by Gasteiger charge is -2.31. The van der Waals surface area contributed by atoms with Crippen molar-refractivity contribution in [2.24, 2.45) is 7.05 Å². The van der Waals surface area contributed by atoms with Crippen LogP contribution in [0.3, 0.4) is 0 Å². The molecule has 2 heteroatoms. The highest BCUT2D eigenvalue weighted by atomic mass is 15.4. The summed E-state index contributed by atoms with van der Waals surface area (Å²) in [5, 5.41) is 0. The third-order valence-corrected chi connectivity index (χ3v) is 9.92. The zero-order valence-electron chi connectivity index (χ0n) is 27.9. The zero-order valence-corrected chi connectivity index (χ0v) is 27.9. The summed E-state index contributed by atoms with van der Waals surface area (Å²) in [5.74, 6) is 0.336. The predicted molar refractivity (Wildman–Crippen MR) is 188 cm³/mol. The molecule has 2 nitrogen and oxygen atoms in total. The van der Waals surface area contributed by atoms with E-state index in [1.807, 2.05) is 13.8 Å². The number of hydrogen-bond donors (Lipinski definition) is 0. The Hall–Kier alpha value is -4.69. The van der Waals surface area contributed by atoms with Gasteiger partial charge in [-0.3, -0.25) is 0 Å². The van der Waals surface area contributed by atoms with Gasteiger partial charge in [-0.1, -0.05) is 124 Å². The molecule has 0 amide bonds. The summed E-state index contributed by atoms with van der Waals surface area (Å²) in [6.07, 6.45) is 2.20. The van der Waals surface area contributed by atoms with Crippen LogP contribution in [0.4, 0.5) is 0 Å². The van der Waals surface area contributed by atoms with E-state index in [9.17, 15) is 0 Å². The van der Waals surface area contributed by atoms with Crippen LogP contribution in [0.15, 0.2) is 109 Å². The van der Waals surface area contributed by atoms with Crippen molar-refractivity contribution in [3.63, 3.8) is 0 Å². The van der Waals surface area contributed by atoms with Gasteiger partial charge in [0.05, 0.1) is 5.41 Å². The van der Waals surface area contributed by atoms with Crippen LogP contribution in [-0.4, -0.2) is 4.68 Å². The summed E-state index contributed by atoms with van der Waals surface area (Å²) in [5.41, 5.74) is 19.7. The van der Waals surface area contributed by atoms with Gasteiger partial charge in [-0.2, -0.15) is 0 Å². The summed E-state index contributed by atoms with van der Waals surface area (Å²) >= 11 is 0. The molecule has 1 heterocycles. The summed E-state index contributed by atoms with van der Waals surface area (Å²) < 4.78 is 4.68. The number of nitrogens with zero attached hydrogens (tertiary/aromatic N) is 2. The minimum absolute atomic E-state index is 0.326. The zero-order chi connectivity index (χ0) is 31.6. The van der Waals surface area contributed by atoms with Crippen LogP contribution in [0.5, 0.6) is 0 Å². The molecular formula is C43H43N2+. The Morgan fingerprint density at radius 3 is 1.60 bits per heavy atom. The minimum atomic E-state index is -0.326. The lowest BCUT2D eigenvalue weighted by Crippen LogP contribution is -2.38. The summed E-state index contributed by atoms with van der Waals surface area (Å²) in [7, 11) is 2.17. The van der Waals surface area contributed by atoms with Crippen LogP contribution < -0.4 is 4.68 Å². The fourth-order valence-corrected chi connectivity index (χ4v) is 8.35. The van der Waals surface area contributed by atoms with Crippen LogP contribution in [0.25, 0.3) is 39.2 Å². The number of hydrogen-bond acceptors (Lipinski definition) is 0. The molecule has 0 N–H and O–H groups in total. The van der Waals surface area contributed by atoms with Crippen molar-refractivity contribution in [3.8, 4) is 39.2 Å². The second kappa shape index (κ2) is 10.7. The molecule has 45 heavy (non-hydrogen) atoms. The Balaban J connectivity index is 0.00000160. The number of benzene rings is 5. The number of rotatable bonds is 3. The fourth-order valence-electron chi connectivity index (χ4n) is 8.35. The maximum absolute atomic E-state index is 2.55. The third kappa shape index (κ3) is 3.98. The molecule has 0 bridgehead atoms. The van der Waals surface area contributed by atoms with Crippen LogP contribution in [0.1, 0.15) is 78.1 Å². The summed E-state index contributed by atoms with van der Waals surface area (Å²) in [6, 6.07) is 39.2. The van der Waals surface area contributed by atoms with Gasteiger partial charge in [0, 0.05) is 11.6 Å². The lowest BCUT2D eigenvalue weighted by atomic mass is 9.70. The number of aryl methyl sites for hydroxylation is 4. The second-order valence-corrected chi connectivity index (χ2v) is 12.9. The van der Waals surface area contributed by atoms with E-state index in [0.717, 1.165) is 0 Å². The average molecular weight is 588 g/mol. The van der Waals surface area contributed by atoms with Crippen LogP contribution >= 0.6 is 0 Å². The second-order valence-electron chi connectivity index (χ2n) is 12.9. The van der Waals surface area contributed by atoms with Gasteiger partial charge in [-0.25, -0.2) is 0 Å². The van der Waals surface area contributed by atoms with Gasteiger partial charge < -0.3 is 0 Å². The molecule has 0 saturated carbocycles. The molecule has 224 valence electrons. The standard InChI is InChI=1S/C41H37N2.C2H6/c1-25(2)32-23-37-33(24-39(32)43-38(19-20-42(43)6)40-27(4)21-26(3)22-28(40)5)31-15-9-12-18-36(31)41(37)34-16-10-7-13-29(34)30-14-8-11-17-35(30)41;1-2/h7-25H,1-6H3;1-2H3/q+1;. The molecule has 6 aromatic rings. The smallest absolute Gasteiger partial charge is 0.120 e. The van der Waals surface area contributed by atoms with Gasteiger partial charge in [0.2, 0.25) is 0 Å². The van der Waals surface area contributed by atoms with Crippen molar-refractivity contribution >= 4 is 0 Å². The van der Waals surface area contributed by atoms with Gasteiger partial charge in [-0.15, -0.1) is 9.36 Å². The van der Waals surface area contributed by atoms with Crippen molar-refractivity contribution in [2.75, 3.05) is 0 Å². The van der Waals surface area contributed by atoms with E-state index in [1.54, 1.807) is 0 Å². The highest BCUT2D eigenvalue weighted by Crippen LogP contribution is 2.63. The molecule has 1 spiro atoms. The Bertz CT molecular complexity index is 2040. The molecule has 2 aliphatic carbocycles. The van der Waals surface area contributed by atoms with E-state index >= 15 is 0 Å². The third-order valence-electron chi connectivity index (χ3n) is 9.92. The topological polar surface area (TPSA) is 8.81 Å². The maximum Gasteiger partial charge on any atom is 0.196 e. The molecule has 2 aliphatic rings. The first-order valence-electron chi connectivity index (χ1n) is 16.5. The molecule has 1 aromatic heterocycles. The lowest BCUT2D eigenvalue weighted by molar-refractivity contribution is -0.743. The largest absolute Gasteiger partial charge is 0.196 e. The first-order valence-corrected chi connectivity index (χ1v) is 16.5. The quantitative estimate of drug-likeness (QED) is 0.182. The van der Waals surface area contributed by atoms with Gasteiger partial charge in [0.15, 0.2) is 13.2 Å². The number of fused-ring (bicyclic) bond motifs is 10. The van der Waals surface area contributed by atoms with E-state index in [0.29, 0.717) is 5.92 Å². The first-order chi connectivity index (χ1) is 21.8. The Morgan fingerprint density at radius 1 is 0.600 bits per heavy atom. The van der Waals surface area contributed by atoms with E-state index in [1.165, 1.54) is 83.7 Å². The molecule has 8 rings (SSSR count). The van der Waals surface area contributed by atoms with Crippen LogP contribution in [-0.2, 0) is 12.5 Å². The molecule has 0 atom stereocenters. The van der Waals surface area contributed by atoms with Gasteiger partial charge in [-0.05, 0) is 94.0 Å².